The van der Waals surface area contributed by atoms with Gasteiger partial charge in [0.25, 0.3) is 5.56 Å². The summed E-state index contributed by atoms with van der Waals surface area (Å²) in [7, 11) is 2.22. The first-order valence-corrected chi connectivity index (χ1v) is 9.66. The largest absolute Gasteiger partial charge is 0.367 e. The van der Waals surface area contributed by atoms with E-state index in [9.17, 15) is 4.79 Å². The molecule has 2 aliphatic carbocycles. The fourth-order valence-corrected chi connectivity index (χ4v) is 4.90. The van der Waals surface area contributed by atoms with Crippen LogP contribution in [0.3, 0.4) is 0 Å². The molecule has 3 fully saturated rings. The number of rotatable bonds is 5. The zero-order valence-corrected chi connectivity index (χ0v) is 15.1. The number of likely N-dealkylation sites (tertiary alicyclic amines) is 1. The van der Waals surface area contributed by atoms with E-state index in [4.69, 9.17) is 5.41 Å². The van der Waals surface area contributed by atoms with Gasteiger partial charge in [0.05, 0.1) is 11.9 Å². The van der Waals surface area contributed by atoms with Crippen molar-refractivity contribution in [2.24, 2.45) is 11.3 Å². The number of piperidine rings is 1. The van der Waals surface area contributed by atoms with E-state index in [1.54, 1.807) is 10.9 Å². The Morgan fingerprint density at radius 3 is 2.80 bits per heavy atom. The molecular formula is C19H29N5O. The molecule has 4 rings (SSSR count). The van der Waals surface area contributed by atoms with Gasteiger partial charge >= 0.3 is 0 Å². The summed E-state index contributed by atoms with van der Waals surface area (Å²) in [5.74, 6) is 1.12. The van der Waals surface area contributed by atoms with Crippen molar-refractivity contribution in [1.29, 1.82) is 5.41 Å². The number of nitrogens with zero attached hydrogens (tertiary/aromatic N) is 3. The summed E-state index contributed by atoms with van der Waals surface area (Å²) >= 11 is 0. The number of hydrogen-bond acceptors (Lipinski definition) is 5. The Bertz CT molecular complexity index is 702. The van der Waals surface area contributed by atoms with E-state index in [-0.39, 0.29) is 5.56 Å². The summed E-state index contributed by atoms with van der Waals surface area (Å²) in [6, 6.07) is 0.428. The Morgan fingerprint density at radius 2 is 2.12 bits per heavy atom. The third-order valence-electron chi connectivity index (χ3n) is 6.46. The summed E-state index contributed by atoms with van der Waals surface area (Å²) in [5.41, 5.74) is 0.699. The molecule has 6 nitrogen and oxygen atoms in total. The molecule has 1 atom stereocenters. The van der Waals surface area contributed by atoms with Crippen LogP contribution in [-0.2, 0) is 6.54 Å². The molecule has 3 aliphatic rings. The molecule has 0 amide bonds. The van der Waals surface area contributed by atoms with Crippen LogP contribution in [0.1, 0.15) is 50.5 Å². The van der Waals surface area contributed by atoms with E-state index in [0.717, 1.165) is 45.1 Å². The zero-order chi connectivity index (χ0) is 17.4. The van der Waals surface area contributed by atoms with Crippen LogP contribution in [0.15, 0.2) is 11.1 Å². The summed E-state index contributed by atoms with van der Waals surface area (Å²) in [6.07, 6.45) is 11.4. The van der Waals surface area contributed by atoms with E-state index < -0.39 is 0 Å². The maximum atomic E-state index is 12.9. The Kier molecular flexibility index (Phi) is 4.40. The molecule has 1 spiro atoms. The fraction of sp³-hybridized carbons (Fsp3) is 0.737. The maximum absolute atomic E-state index is 12.9. The van der Waals surface area contributed by atoms with Crippen molar-refractivity contribution in [1.82, 2.24) is 14.5 Å². The number of nitrogens with one attached hydrogen (secondary N) is 2. The monoisotopic (exact) mass is 343 g/mol. The van der Waals surface area contributed by atoms with Gasteiger partial charge in [-0.05, 0) is 57.0 Å². The second-order valence-corrected chi connectivity index (χ2v) is 8.32. The molecule has 0 bridgehead atoms. The van der Waals surface area contributed by atoms with E-state index in [0.29, 0.717) is 28.8 Å². The average Bonchev–Trinajstić information content (AvgIpc) is 3.30. The van der Waals surface area contributed by atoms with Crippen molar-refractivity contribution in [3.8, 4) is 0 Å². The van der Waals surface area contributed by atoms with Gasteiger partial charge in [-0.3, -0.25) is 9.36 Å². The van der Waals surface area contributed by atoms with Gasteiger partial charge in [-0.25, -0.2) is 4.98 Å². The van der Waals surface area contributed by atoms with Crippen LogP contribution in [-0.4, -0.2) is 46.8 Å². The molecule has 25 heavy (non-hydrogen) atoms. The van der Waals surface area contributed by atoms with Crippen LogP contribution < -0.4 is 10.9 Å². The smallest absolute Gasteiger partial charge is 0.264 e. The standard InChI is InChI=1S/C19H29N5O/c1-23-9-6-14(19(12-23)7-2-3-8-19)11-24-13-21-17(22-15-4-5-15)16(10-20)18(24)25/h10,13-15,20,22H,2-9,11-12H2,1H3. The van der Waals surface area contributed by atoms with E-state index >= 15 is 0 Å². The Morgan fingerprint density at radius 1 is 1.36 bits per heavy atom. The lowest BCUT2D eigenvalue weighted by atomic mass is 9.69. The van der Waals surface area contributed by atoms with E-state index in [1.807, 2.05) is 0 Å². The van der Waals surface area contributed by atoms with Crippen molar-refractivity contribution in [3.63, 3.8) is 0 Å². The Hall–Kier alpha value is -1.69. The van der Waals surface area contributed by atoms with Crippen LogP contribution in [0.25, 0.3) is 0 Å². The molecule has 1 unspecified atom stereocenters. The van der Waals surface area contributed by atoms with Gasteiger partial charge in [0, 0.05) is 25.3 Å². The lowest BCUT2D eigenvalue weighted by molar-refractivity contribution is 0.0345. The maximum Gasteiger partial charge on any atom is 0.264 e. The van der Waals surface area contributed by atoms with Crippen LogP contribution in [0, 0.1) is 16.7 Å². The third kappa shape index (κ3) is 3.24. The fourth-order valence-electron chi connectivity index (χ4n) is 4.90. The Labute approximate surface area is 149 Å². The van der Waals surface area contributed by atoms with Gasteiger partial charge < -0.3 is 15.6 Å². The topological polar surface area (TPSA) is 74.0 Å². The molecule has 1 aromatic rings. The molecule has 2 heterocycles. The molecule has 2 saturated carbocycles. The molecule has 0 radical (unpaired) electrons. The second kappa shape index (κ2) is 6.56. The second-order valence-electron chi connectivity index (χ2n) is 8.32. The average molecular weight is 343 g/mol. The van der Waals surface area contributed by atoms with Gasteiger partial charge in [-0.1, -0.05) is 12.8 Å². The van der Waals surface area contributed by atoms with Gasteiger partial charge in [-0.2, -0.15) is 0 Å². The minimum atomic E-state index is -0.0692. The highest BCUT2D eigenvalue weighted by atomic mass is 16.1. The molecule has 0 aromatic carbocycles. The van der Waals surface area contributed by atoms with E-state index in [1.165, 1.54) is 25.7 Å². The molecule has 1 aliphatic heterocycles. The molecule has 1 aromatic heterocycles. The van der Waals surface area contributed by atoms with Crippen molar-refractivity contribution in [3.05, 3.63) is 22.2 Å². The van der Waals surface area contributed by atoms with Gasteiger partial charge in [-0.15, -0.1) is 0 Å². The summed E-state index contributed by atoms with van der Waals surface area (Å²) in [4.78, 5) is 19.8. The number of hydrogen-bond donors (Lipinski definition) is 2. The number of anilines is 1. The first kappa shape index (κ1) is 16.8. The first-order chi connectivity index (χ1) is 12.1. The SMILES string of the molecule is CN1CCC(Cn2cnc(NC3CC3)c(C=N)c2=O)C2(CCCC2)C1. The summed E-state index contributed by atoms with van der Waals surface area (Å²) in [6.45, 7) is 3.00. The quantitative estimate of drug-likeness (QED) is 0.805. The highest BCUT2D eigenvalue weighted by molar-refractivity contribution is 5.83. The van der Waals surface area contributed by atoms with Crippen molar-refractivity contribution in [2.45, 2.75) is 57.5 Å². The van der Waals surface area contributed by atoms with Gasteiger partial charge in [0.1, 0.15) is 5.82 Å². The van der Waals surface area contributed by atoms with Gasteiger partial charge in [0.2, 0.25) is 0 Å². The van der Waals surface area contributed by atoms with Crippen molar-refractivity contribution < 1.29 is 0 Å². The van der Waals surface area contributed by atoms with E-state index in [2.05, 4.69) is 22.2 Å². The molecule has 2 N–H and O–H groups in total. The minimum Gasteiger partial charge on any atom is -0.367 e. The highest BCUT2D eigenvalue weighted by Gasteiger charge is 2.44. The van der Waals surface area contributed by atoms with Crippen LogP contribution in [0.2, 0.25) is 0 Å². The lowest BCUT2D eigenvalue weighted by Crippen LogP contribution is -2.48. The zero-order valence-electron chi connectivity index (χ0n) is 15.1. The van der Waals surface area contributed by atoms with Gasteiger partial charge in [0.15, 0.2) is 0 Å². The predicted molar refractivity (Wildman–Crippen MR) is 99.5 cm³/mol. The molecule has 6 heteroatoms. The lowest BCUT2D eigenvalue weighted by Gasteiger charge is -2.45. The first-order valence-electron chi connectivity index (χ1n) is 9.66. The highest BCUT2D eigenvalue weighted by Crippen LogP contribution is 2.48. The van der Waals surface area contributed by atoms with Crippen LogP contribution in [0.4, 0.5) is 5.82 Å². The van der Waals surface area contributed by atoms with Crippen molar-refractivity contribution >= 4 is 12.0 Å². The normalized spacial score (nSPS) is 26.0. The molecule has 136 valence electrons. The predicted octanol–water partition coefficient (Wildman–Crippen LogP) is 2.33. The van der Waals surface area contributed by atoms with Crippen LogP contribution in [0.5, 0.6) is 0 Å². The third-order valence-corrected chi connectivity index (χ3v) is 6.46. The summed E-state index contributed by atoms with van der Waals surface area (Å²) in [5, 5.41) is 10.9. The summed E-state index contributed by atoms with van der Waals surface area (Å²) < 4.78 is 1.76. The van der Waals surface area contributed by atoms with Crippen LogP contribution >= 0.6 is 0 Å². The number of aromatic nitrogens is 2. The molecular weight excluding hydrogens is 314 g/mol. The minimum absolute atomic E-state index is 0.0692. The van der Waals surface area contributed by atoms with Crippen molar-refractivity contribution in [2.75, 3.05) is 25.5 Å². The Balaban J connectivity index is 1.59. The molecule has 1 saturated heterocycles.